The van der Waals surface area contributed by atoms with E-state index in [1.54, 1.807) is 41.3 Å². The van der Waals surface area contributed by atoms with Crippen molar-refractivity contribution in [1.29, 1.82) is 0 Å². The molecule has 1 heterocycles. The summed E-state index contributed by atoms with van der Waals surface area (Å²) in [5.74, 6) is -1.33. The van der Waals surface area contributed by atoms with Gasteiger partial charge in [-0.1, -0.05) is 59.1 Å². The van der Waals surface area contributed by atoms with Crippen LogP contribution in [-0.4, -0.2) is 33.7 Å². The van der Waals surface area contributed by atoms with Crippen LogP contribution in [0.5, 0.6) is 0 Å². The van der Waals surface area contributed by atoms with Crippen LogP contribution in [0.3, 0.4) is 0 Å². The van der Waals surface area contributed by atoms with E-state index >= 15 is 0 Å². The van der Waals surface area contributed by atoms with E-state index in [0.29, 0.717) is 27.6 Å². The molecule has 1 amide bonds. The van der Waals surface area contributed by atoms with E-state index in [4.69, 9.17) is 28.3 Å². The molecule has 0 aliphatic carbocycles. The van der Waals surface area contributed by atoms with Gasteiger partial charge in [0.1, 0.15) is 0 Å². The molecule has 0 unspecified atom stereocenters. The Balaban J connectivity index is 1.73. The van der Waals surface area contributed by atoms with Crippen molar-refractivity contribution in [3.05, 3.63) is 104 Å². The molecule has 1 N–H and O–H groups in total. The average molecular weight is 482 g/mol. The molecule has 4 rings (SSSR count). The number of benzene rings is 3. The van der Waals surface area contributed by atoms with Gasteiger partial charge >= 0.3 is 5.97 Å². The number of nitrogens with zero attached hydrogens (tertiary/aromatic N) is 1. The third kappa shape index (κ3) is 4.95. The third-order valence-electron chi connectivity index (χ3n) is 5.83. The first-order valence-corrected chi connectivity index (χ1v) is 11.2. The molecule has 33 heavy (non-hydrogen) atoms. The maximum atomic E-state index is 13.6. The summed E-state index contributed by atoms with van der Waals surface area (Å²) in [7, 11) is 0. The van der Waals surface area contributed by atoms with Crippen molar-refractivity contribution in [3.8, 4) is 0 Å². The smallest absolute Gasteiger partial charge is 0.335 e. The van der Waals surface area contributed by atoms with Gasteiger partial charge in [-0.2, -0.15) is 0 Å². The Kier molecular flexibility index (Phi) is 6.54. The van der Waals surface area contributed by atoms with Gasteiger partial charge in [-0.05, 0) is 53.9 Å². The highest BCUT2D eigenvalue weighted by atomic mass is 35.5. The zero-order valence-electron chi connectivity index (χ0n) is 17.8. The van der Waals surface area contributed by atoms with Gasteiger partial charge in [0, 0.05) is 24.9 Å². The van der Waals surface area contributed by atoms with E-state index in [0.717, 1.165) is 16.7 Å². The number of fused-ring (bicyclic) bond motifs is 1. The molecule has 1 aliphatic heterocycles. The highest BCUT2D eigenvalue weighted by molar-refractivity contribution is 6.42. The standard InChI is InChI=1S/C26H21Cl2NO4/c1-15-2-8-20-19(10-15)13-24(30)23(12-17-5-9-21(27)22(28)11-17)29(25(20)31)14-16-3-6-18(7-4-16)26(32)33/h2-11,23H,12-14H2,1H3,(H,32,33)/t23-/m1/s1. The molecule has 0 saturated carbocycles. The van der Waals surface area contributed by atoms with Crippen LogP contribution >= 0.6 is 23.2 Å². The molecule has 1 atom stereocenters. The van der Waals surface area contributed by atoms with Crippen LogP contribution in [0.25, 0.3) is 0 Å². The minimum atomic E-state index is -1.02. The lowest BCUT2D eigenvalue weighted by atomic mass is 9.96. The lowest BCUT2D eigenvalue weighted by Crippen LogP contribution is -2.44. The van der Waals surface area contributed by atoms with E-state index in [2.05, 4.69) is 0 Å². The molecular weight excluding hydrogens is 461 g/mol. The summed E-state index contributed by atoms with van der Waals surface area (Å²) >= 11 is 12.2. The zero-order chi connectivity index (χ0) is 23.7. The molecule has 0 fully saturated rings. The van der Waals surface area contributed by atoms with Crippen LogP contribution in [0.1, 0.15) is 43.0 Å². The Labute approximate surface area is 201 Å². The molecule has 168 valence electrons. The summed E-state index contributed by atoms with van der Waals surface area (Å²) in [5.41, 5.74) is 3.89. The van der Waals surface area contributed by atoms with Crippen LogP contribution in [0.2, 0.25) is 10.0 Å². The summed E-state index contributed by atoms with van der Waals surface area (Å²) in [6, 6.07) is 16.3. The van der Waals surface area contributed by atoms with Crippen molar-refractivity contribution in [2.24, 2.45) is 0 Å². The summed E-state index contributed by atoms with van der Waals surface area (Å²) in [5, 5.41) is 9.97. The van der Waals surface area contributed by atoms with Gasteiger partial charge in [0.05, 0.1) is 21.7 Å². The van der Waals surface area contributed by atoms with E-state index < -0.39 is 12.0 Å². The minimum Gasteiger partial charge on any atom is -0.478 e. The Morgan fingerprint density at radius 2 is 1.67 bits per heavy atom. The first kappa shape index (κ1) is 23.0. The Bertz CT molecular complexity index is 1250. The molecule has 3 aromatic rings. The fraction of sp³-hybridized carbons (Fsp3) is 0.192. The highest BCUT2D eigenvalue weighted by Gasteiger charge is 2.35. The van der Waals surface area contributed by atoms with Crippen molar-refractivity contribution >= 4 is 40.9 Å². The number of ketones is 1. The van der Waals surface area contributed by atoms with Gasteiger partial charge in [-0.25, -0.2) is 4.79 Å². The van der Waals surface area contributed by atoms with E-state index in [-0.39, 0.29) is 30.2 Å². The third-order valence-corrected chi connectivity index (χ3v) is 6.57. The first-order valence-electron chi connectivity index (χ1n) is 10.4. The van der Waals surface area contributed by atoms with Crippen molar-refractivity contribution in [3.63, 3.8) is 0 Å². The molecule has 0 radical (unpaired) electrons. The number of carbonyl (C=O) groups excluding carboxylic acids is 2. The maximum absolute atomic E-state index is 13.6. The Morgan fingerprint density at radius 1 is 0.970 bits per heavy atom. The molecule has 3 aromatic carbocycles. The molecule has 7 heteroatoms. The number of Topliss-reactive ketones (excluding diaryl/α,β-unsaturated/α-hetero) is 1. The number of aryl methyl sites for hydroxylation is 1. The van der Waals surface area contributed by atoms with E-state index in [9.17, 15) is 14.4 Å². The fourth-order valence-corrected chi connectivity index (χ4v) is 4.42. The molecule has 0 aromatic heterocycles. The number of halogens is 2. The normalized spacial score (nSPS) is 15.8. The minimum absolute atomic E-state index is 0.0686. The van der Waals surface area contributed by atoms with Crippen molar-refractivity contribution in [2.45, 2.75) is 32.4 Å². The summed E-state index contributed by atoms with van der Waals surface area (Å²) in [6.07, 6.45) is 0.449. The van der Waals surface area contributed by atoms with Gasteiger partial charge in [-0.3, -0.25) is 9.59 Å². The Morgan fingerprint density at radius 3 is 2.33 bits per heavy atom. The lowest BCUT2D eigenvalue weighted by Gasteiger charge is -2.30. The topological polar surface area (TPSA) is 74.7 Å². The molecule has 0 saturated heterocycles. The first-order chi connectivity index (χ1) is 15.7. The number of hydrogen-bond donors (Lipinski definition) is 1. The van der Waals surface area contributed by atoms with Gasteiger partial charge in [0.15, 0.2) is 5.78 Å². The number of rotatable bonds is 5. The van der Waals surface area contributed by atoms with Gasteiger partial charge < -0.3 is 10.0 Å². The maximum Gasteiger partial charge on any atom is 0.335 e. The van der Waals surface area contributed by atoms with Gasteiger partial charge in [0.25, 0.3) is 5.91 Å². The largest absolute Gasteiger partial charge is 0.478 e. The van der Waals surface area contributed by atoms with Crippen LogP contribution < -0.4 is 0 Å². The second-order valence-corrected chi connectivity index (χ2v) is 9.02. The molecule has 0 bridgehead atoms. The van der Waals surface area contributed by atoms with Crippen LogP contribution in [0.4, 0.5) is 0 Å². The van der Waals surface area contributed by atoms with Crippen LogP contribution in [-0.2, 0) is 24.2 Å². The number of aromatic carboxylic acids is 1. The average Bonchev–Trinajstić information content (AvgIpc) is 2.86. The summed E-state index contributed by atoms with van der Waals surface area (Å²) in [4.78, 5) is 39.8. The second kappa shape index (κ2) is 9.38. The lowest BCUT2D eigenvalue weighted by molar-refractivity contribution is -0.122. The Hall–Kier alpha value is -3.15. The van der Waals surface area contributed by atoms with Gasteiger partial charge in [-0.15, -0.1) is 0 Å². The number of amides is 1. The highest BCUT2D eigenvalue weighted by Crippen LogP contribution is 2.28. The molecule has 0 spiro atoms. The predicted octanol–water partition coefficient (Wildman–Crippen LogP) is 5.38. The predicted molar refractivity (Wildman–Crippen MR) is 127 cm³/mol. The summed E-state index contributed by atoms with van der Waals surface area (Å²) in [6.45, 7) is 2.10. The van der Waals surface area contributed by atoms with Crippen molar-refractivity contribution in [1.82, 2.24) is 4.90 Å². The monoisotopic (exact) mass is 481 g/mol. The van der Waals surface area contributed by atoms with Crippen LogP contribution in [0.15, 0.2) is 60.7 Å². The van der Waals surface area contributed by atoms with Crippen molar-refractivity contribution in [2.75, 3.05) is 0 Å². The molecule has 5 nitrogen and oxygen atoms in total. The van der Waals surface area contributed by atoms with Gasteiger partial charge in [0.2, 0.25) is 0 Å². The molecular formula is C26H21Cl2NO4. The molecule has 1 aliphatic rings. The second-order valence-electron chi connectivity index (χ2n) is 8.21. The van der Waals surface area contributed by atoms with E-state index in [1.807, 2.05) is 19.1 Å². The summed E-state index contributed by atoms with van der Waals surface area (Å²) < 4.78 is 0. The van der Waals surface area contributed by atoms with Crippen LogP contribution in [0, 0.1) is 6.92 Å². The van der Waals surface area contributed by atoms with Crippen molar-refractivity contribution < 1.29 is 19.5 Å². The number of carboxylic acids is 1. The zero-order valence-corrected chi connectivity index (χ0v) is 19.4. The SMILES string of the molecule is Cc1ccc2c(c1)CC(=O)[C@@H](Cc1ccc(Cl)c(Cl)c1)N(Cc1ccc(C(=O)O)cc1)C2=O. The number of carboxylic acid groups (broad SMARTS) is 1. The fourth-order valence-electron chi connectivity index (χ4n) is 4.10. The van der Waals surface area contributed by atoms with E-state index in [1.165, 1.54) is 12.1 Å². The number of hydrogen-bond acceptors (Lipinski definition) is 3. The quantitative estimate of drug-likeness (QED) is 0.530. The number of carbonyl (C=O) groups is 3.